The van der Waals surface area contributed by atoms with Crippen molar-refractivity contribution in [2.45, 2.75) is 58.5 Å². The van der Waals surface area contributed by atoms with Crippen molar-refractivity contribution in [1.82, 2.24) is 9.55 Å². The van der Waals surface area contributed by atoms with Crippen LogP contribution in [-0.2, 0) is 15.7 Å². The van der Waals surface area contributed by atoms with Crippen molar-refractivity contribution in [3.63, 3.8) is 0 Å². The minimum absolute atomic E-state index is 0.00852. The largest absolute Gasteiger partial charge is 0.414 e. The van der Waals surface area contributed by atoms with Crippen LogP contribution >= 0.6 is 15.9 Å². The SMILES string of the molecule is COC(CO[Si](C)(C)C(C)(C)C)Cn1c(C)nc2ccc(Br)cc21. The maximum Gasteiger partial charge on any atom is 0.192 e. The molecule has 24 heavy (non-hydrogen) atoms. The highest BCUT2D eigenvalue weighted by Crippen LogP contribution is 2.36. The zero-order valence-corrected chi connectivity index (χ0v) is 18.4. The minimum Gasteiger partial charge on any atom is -0.414 e. The van der Waals surface area contributed by atoms with E-state index in [0.717, 1.165) is 27.9 Å². The monoisotopic (exact) mass is 412 g/mol. The van der Waals surface area contributed by atoms with Gasteiger partial charge in [0, 0.05) is 11.6 Å². The summed E-state index contributed by atoms with van der Waals surface area (Å²) in [5, 5.41) is 0.202. The van der Waals surface area contributed by atoms with Crippen LogP contribution in [-0.4, -0.2) is 37.7 Å². The number of ether oxygens (including phenoxy) is 1. The van der Waals surface area contributed by atoms with E-state index < -0.39 is 8.32 Å². The molecule has 1 unspecified atom stereocenters. The number of hydrogen-bond donors (Lipinski definition) is 0. The molecule has 1 aromatic carbocycles. The van der Waals surface area contributed by atoms with Gasteiger partial charge < -0.3 is 13.7 Å². The fraction of sp³-hybridized carbons (Fsp3) is 0.611. The van der Waals surface area contributed by atoms with Gasteiger partial charge in [0.15, 0.2) is 8.32 Å². The Morgan fingerprint density at radius 1 is 1.29 bits per heavy atom. The van der Waals surface area contributed by atoms with Crippen molar-refractivity contribution in [1.29, 1.82) is 0 Å². The van der Waals surface area contributed by atoms with Gasteiger partial charge in [-0.1, -0.05) is 36.7 Å². The summed E-state index contributed by atoms with van der Waals surface area (Å²) in [5.41, 5.74) is 2.13. The molecule has 0 saturated carbocycles. The van der Waals surface area contributed by atoms with Crippen molar-refractivity contribution in [2.75, 3.05) is 13.7 Å². The first-order valence-corrected chi connectivity index (χ1v) is 12.0. The second-order valence-corrected chi connectivity index (χ2v) is 13.6. The number of methoxy groups -OCH3 is 1. The number of imidazole rings is 1. The second kappa shape index (κ2) is 7.28. The molecular weight excluding hydrogens is 384 g/mol. The fourth-order valence-corrected chi connectivity index (χ4v) is 3.75. The summed E-state index contributed by atoms with van der Waals surface area (Å²) in [5.74, 6) is 0.998. The Balaban J connectivity index is 2.16. The Morgan fingerprint density at radius 3 is 2.54 bits per heavy atom. The van der Waals surface area contributed by atoms with Crippen LogP contribution in [0.1, 0.15) is 26.6 Å². The number of fused-ring (bicyclic) bond motifs is 1. The molecule has 2 aromatic rings. The zero-order valence-electron chi connectivity index (χ0n) is 15.8. The van der Waals surface area contributed by atoms with Crippen molar-refractivity contribution >= 4 is 35.3 Å². The fourth-order valence-electron chi connectivity index (χ4n) is 2.36. The zero-order chi connectivity index (χ0) is 18.1. The van der Waals surface area contributed by atoms with E-state index in [1.807, 2.05) is 19.1 Å². The average molecular weight is 413 g/mol. The van der Waals surface area contributed by atoms with Gasteiger partial charge in [-0.25, -0.2) is 4.98 Å². The summed E-state index contributed by atoms with van der Waals surface area (Å²) in [6, 6.07) is 6.17. The molecule has 0 aliphatic rings. The summed E-state index contributed by atoms with van der Waals surface area (Å²) in [6.07, 6.45) is 0.00852. The van der Waals surface area contributed by atoms with Crippen LogP contribution in [0.4, 0.5) is 0 Å². The lowest BCUT2D eigenvalue weighted by Crippen LogP contribution is -2.43. The van der Waals surface area contributed by atoms with Gasteiger partial charge in [0.1, 0.15) is 5.82 Å². The topological polar surface area (TPSA) is 36.3 Å². The maximum atomic E-state index is 6.34. The van der Waals surface area contributed by atoms with E-state index in [0.29, 0.717) is 6.61 Å². The molecule has 0 amide bonds. The molecule has 1 atom stereocenters. The normalized spacial score (nSPS) is 14.3. The van der Waals surface area contributed by atoms with Gasteiger partial charge in [0.05, 0.1) is 30.3 Å². The van der Waals surface area contributed by atoms with Gasteiger partial charge in [-0.2, -0.15) is 0 Å². The Bertz CT molecular complexity index is 707. The number of aromatic nitrogens is 2. The lowest BCUT2D eigenvalue weighted by Gasteiger charge is -2.37. The third-order valence-electron chi connectivity index (χ3n) is 5.06. The molecule has 1 aromatic heterocycles. The van der Waals surface area contributed by atoms with E-state index in [4.69, 9.17) is 9.16 Å². The maximum absolute atomic E-state index is 6.34. The molecule has 4 nitrogen and oxygen atoms in total. The molecule has 0 bridgehead atoms. The predicted molar refractivity (Wildman–Crippen MR) is 106 cm³/mol. The van der Waals surface area contributed by atoms with Gasteiger partial charge in [0.2, 0.25) is 0 Å². The molecule has 0 fully saturated rings. The van der Waals surface area contributed by atoms with Crippen LogP contribution in [0.25, 0.3) is 11.0 Å². The van der Waals surface area contributed by atoms with Crippen LogP contribution in [0.2, 0.25) is 18.1 Å². The third-order valence-corrected chi connectivity index (χ3v) is 10.1. The highest BCUT2D eigenvalue weighted by molar-refractivity contribution is 9.10. The number of benzene rings is 1. The molecule has 6 heteroatoms. The minimum atomic E-state index is -1.77. The van der Waals surface area contributed by atoms with Gasteiger partial charge in [-0.3, -0.25) is 0 Å². The summed E-state index contributed by atoms with van der Waals surface area (Å²) in [6.45, 7) is 14.7. The van der Waals surface area contributed by atoms with Crippen molar-refractivity contribution in [2.24, 2.45) is 0 Å². The van der Waals surface area contributed by atoms with Gasteiger partial charge >= 0.3 is 0 Å². The smallest absolute Gasteiger partial charge is 0.192 e. The van der Waals surface area contributed by atoms with Crippen molar-refractivity contribution in [3.8, 4) is 0 Å². The number of hydrogen-bond acceptors (Lipinski definition) is 3. The highest BCUT2D eigenvalue weighted by Gasteiger charge is 2.37. The van der Waals surface area contributed by atoms with Crippen LogP contribution in [0.5, 0.6) is 0 Å². The van der Waals surface area contributed by atoms with Crippen LogP contribution in [0.3, 0.4) is 0 Å². The Morgan fingerprint density at radius 2 is 1.96 bits per heavy atom. The van der Waals surface area contributed by atoms with E-state index in [1.54, 1.807) is 7.11 Å². The molecule has 0 N–H and O–H groups in total. The van der Waals surface area contributed by atoms with Crippen LogP contribution < -0.4 is 0 Å². The molecule has 1 heterocycles. The number of halogens is 1. The molecule has 0 aliphatic heterocycles. The van der Waals surface area contributed by atoms with E-state index in [1.165, 1.54) is 0 Å². The molecule has 134 valence electrons. The second-order valence-electron chi connectivity index (χ2n) is 7.83. The van der Waals surface area contributed by atoms with Gasteiger partial charge in [0.25, 0.3) is 0 Å². The number of nitrogens with zero attached hydrogens (tertiary/aromatic N) is 2. The first-order chi connectivity index (χ1) is 11.0. The van der Waals surface area contributed by atoms with E-state index in [2.05, 4.69) is 65.4 Å². The molecule has 2 rings (SSSR count). The first-order valence-electron chi connectivity index (χ1n) is 8.34. The van der Waals surface area contributed by atoms with Gasteiger partial charge in [-0.05, 0) is 43.3 Å². The lowest BCUT2D eigenvalue weighted by molar-refractivity contribution is 0.0416. The first kappa shape index (κ1) is 19.6. The van der Waals surface area contributed by atoms with Crippen LogP contribution in [0.15, 0.2) is 22.7 Å². The van der Waals surface area contributed by atoms with Crippen molar-refractivity contribution < 1.29 is 9.16 Å². The van der Waals surface area contributed by atoms with E-state index in [9.17, 15) is 0 Å². The lowest BCUT2D eigenvalue weighted by atomic mass is 10.2. The Hall–Kier alpha value is -0.693. The van der Waals surface area contributed by atoms with Crippen molar-refractivity contribution in [3.05, 3.63) is 28.5 Å². The third kappa shape index (κ3) is 4.28. The summed E-state index contributed by atoms with van der Waals surface area (Å²) < 4.78 is 15.3. The average Bonchev–Trinajstić information content (AvgIpc) is 2.77. The Labute approximate surface area is 154 Å². The standard InChI is InChI=1S/C18H29BrN2O2Si/c1-13-20-16-9-8-14(19)10-17(16)21(13)11-15(22-5)12-23-24(6,7)18(2,3)4/h8-10,15H,11-12H2,1-7H3. The summed E-state index contributed by atoms with van der Waals surface area (Å²) in [7, 11) is -0.0196. The summed E-state index contributed by atoms with van der Waals surface area (Å²) >= 11 is 3.55. The molecule has 0 radical (unpaired) electrons. The summed E-state index contributed by atoms with van der Waals surface area (Å²) in [4.78, 5) is 4.64. The van der Waals surface area contributed by atoms with Crippen LogP contribution in [0, 0.1) is 6.92 Å². The molecular formula is C18H29BrN2O2Si. The highest BCUT2D eigenvalue weighted by atomic mass is 79.9. The molecule has 0 aliphatic carbocycles. The molecule has 0 saturated heterocycles. The van der Waals surface area contributed by atoms with E-state index in [-0.39, 0.29) is 11.1 Å². The Kier molecular flexibility index (Phi) is 5.95. The molecule has 0 spiro atoms. The van der Waals surface area contributed by atoms with E-state index >= 15 is 0 Å². The quantitative estimate of drug-likeness (QED) is 0.615. The number of rotatable bonds is 6. The predicted octanol–water partition coefficient (Wildman–Crippen LogP) is 5.14. The number of aryl methyl sites for hydroxylation is 1. The van der Waals surface area contributed by atoms with Gasteiger partial charge in [-0.15, -0.1) is 0 Å².